The number of ether oxygens (including phenoxy) is 2. The van der Waals surface area contributed by atoms with Crippen molar-refractivity contribution in [3.63, 3.8) is 0 Å². The van der Waals surface area contributed by atoms with E-state index >= 15 is 0 Å². The first-order valence-corrected chi connectivity index (χ1v) is 10.4. The molecular weight excluding hydrogens is 358 g/mol. The molecule has 0 bridgehead atoms. The average Bonchev–Trinajstić information content (AvgIpc) is 2.59. The minimum Gasteiger partial charge on any atom is -0.480 e. The number of hydrogen-bond acceptors (Lipinski definition) is 7. The molecule has 8 heteroatoms. The van der Waals surface area contributed by atoms with Gasteiger partial charge in [-0.3, -0.25) is 19.7 Å². The molecule has 0 saturated heterocycles. The Hall–Kier alpha value is -1.28. The van der Waals surface area contributed by atoms with E-state index in [9.17, 15) is 14.4 Å². The van der Waals surface area contributed by atoms with Crippen molar-refractivity contribution in [1.29, 1.82) is 0 Å². The summed E-state index contributed by atoms with van der Waals surface area (Å²) in [4.78, 5) is 35.3. The van der Waals surface area contributed by atoms with E-state index in [0.717, 1.165) is 25.7 Å². The summed E-state index contributed by atoms with van der Waals surface area (Å²) in [6.45, 7) is 7.55. The van der Waals surface area contributed by atoms with Gasteiger partial charge >= 0.3 is 17.9 Å². The predicted octanol–water partition coefficient (Wildman–Crippen LogP) is 2.62. The smallest absolute Gasteiger partial charge is 0.324 e. The molecule has 0 rings (SSSR count). The predicted molar refractivity (Wildman–Crippen MR) is 102 cm³/mol. The van der Waals surface area contributed by atoms with Crippen LogP contribution >= 0.6 is 11.8 Å². The molecule has 0 amide bonds. The third-order valence-electron chi connectivity index (χ3n) is 3.73. The highest BCUT2D eigenvalue weighted by Crippen LogP contribution is 2.21. The lowest BCUT2D eigenvalue weighted by atomic mass is 10.1. The molecule has 0 aliphatic rings. The van der Waals surface area contributed by atoms with Crippen LogP contribution in [-0.4, -0.2) is 59.3 Å². The maximum Gasteiger partial charge on any atom is 0.324 e. The van der Waals surface area contributed by atoms with Gasteiger partial charge in [0.05, 0.1) is 13.2 Å². The molecule has 0 spiro atoms. The number of unbranched alkanes of at least 4 members (excludes halogenated alkanes) is 3. The lowest BCUT2D eigenvalue weighted by Gasteiger charge is -2.22. The second-order valence-corrected chi connectivity index (χ2v) is 7.19. The number of rotatable bonds is 15. The molecule has 0 aromatic heterocycles. The fraction of sp³-hybridized carbons (Fsp3) is 0.833. The number of thioether (sulfide) groups is 1. The van der Waals surface area contributed by atoms with Crippen LogP contribution in [-0.2, 0) is 23.9 Å². The third kappa shape index (κ3) is 10.7. The van der Waals surface area contributed by atoms with Crippen molar-refractivity contribution in [3.05, 3.63) is 0 Å². The van der Waals surface area contributed by atoms with E-state index in [0.29, 0.717) is 13.0 Å². The van der Waals surface area contributed by atoms with Crippen LogP contribution < -0.4 is 5.32 Å². The Bertz CT molecular complexity index is 432. The minimum atomic E-state index is -1.05. The van der Waals surface area contributed by atoms with Crippen molar-refractivity contribution in [1.82, 2.24) is 5.32 Å². The van der Waals surface area contributed by atoms with Crippen LogP contribution in [0.15, 0.2) is 0 Å². The van der Waals surface area contributed by atoms with E-state index in [4.69, 9.17) is 14.6 Å². The van der Waals surface area contributed by atoms with Crippen molar-refractivity contribution in [2.24, 2.45) is 0 Å². The number of carbonyl (C=O) groups is 3. The number of hydrogen-bond donors (Lipinski definition) is 2. The fourth-order valence-corrected chi connectivity index (χ4v) is 3.47. The van der Waals surface area contributed by atoms with Crippen LogP contribution in [0.3, 0.4) is 0 Å². The second kappa shape index (κ2) is 14.8. The summed E-state index contributed by atoms with van der Waals surface area (Å²) in [7, 11) is 0. The van der Waals surface area contributed by atoms with Crippen molar-refractivity contribution >= 4 is 29.7 Å². The van der Waals surface area contributed by atoms with Crippen LogP contribution in [0.2, 0.25) is 0 Å². The Morgan fingerprint density at radius 3 is 2.15 bits per heavy atom. The zero-order valence-electron chi connectivity index (χ0n) is 16.3. The first-order chi connectivity index (χ1) is 12.4. The van der Waals surface area contributed by atoms with Gasteiger partial charge in [0.15, 0.2) is 0 Å². The molecule has 26 heavy (non-hydrogen) atoms. The molecule has 2 N–H and O–H groups in total. The first kappa shape index (κ1) is 24.7. The van der Waals surface area contributed by atoms with Gasteiger partial charge in [0.2, 0.25) is 0 Å². The second-order valence-electron chi connectivity index (χ2n) is 5.95. The monoisotopic (exact) mass is 391 g/mol. The normalized spacial score (nSPS) is 14.3. The molecule has 0 radical (unpaired) electrons. The standard InChI is InChI=1S/C18H33NO6S/c1-5-8-9-10-11-15(18(23)25-7-3)26-12-14(17(22)24-6-2)19-13(4)16(20)21/h13-15,19H,5-12H2,1-4H3,(H,20,21)/t13?,14-,15-/m1/s1. The molecular formula is C18H33NO6S. The van der Waals surface area contributed by atoms with E-state index in [1.54, 1.807) is 13.8 Å². The summed E-state index contributed by atoms with van der Waals surface area (Å²) in [5.41, 5.74) is 0. The summed E-state index contributed by atoms with van der Waals surface area (Å²) in [5, 5.41) is 11.4. The summed E-state index contributed by atoms with van der Waals surface area (Å²) in [5.74, 6) is -1.61. The van der Waals surface area contributed by atoms with E-state index in [1.165, 1.54) is 18.7 Å². The third-order valence-corrected chi connectivity index (χ3v) is 5.08. The molecule has 0 aliphatic carbocycles. The number of aliphatic carboxylic acids is 1. The minimum absolute atomic E-state index is 0.210. The molecule has 1 unspecified atom stereocenters. The summed E-state index contributed by atoms with van der Waals surface area (Å²) in [6, 6.07) is -1.69. The molecule has 7 nitrogen and oxygen atoms in total. The molecule has 0 aromatic carbocycles. The van der Waals surface area contributed by atoms with Crippen molar-refractivity contribution in [3.8, 4) is 0 Å². The molecule has 0 saturated carbocycles. The van der Waals surface area contributed by atoms with Crippen molar-refractivity contribution in [2.45, 2.75) is 77.1 Å². The largest absolute Gasteiger partial charge is 0.480 e. The molecule has 3 atom stereocenters. The fourth-order valence-electron chi connectivity index (χ4n) is 2.27. The van der Waals surface area contributed by atoms with Gasteiger partial charge in [0.1, 0.15) is 17.3 Å². The van der Waals surface area contributed by atoms with Gasteiger partial charge in [-0.15, -0.1) is 11.8 Å². The maximum absolute atomic E-state index is 12.2. The van der Waals surface area contributed by atoms with Gasteiger partial charge in [-0.25, -0.2) is 0 Å². The highest BCUT2D eigenvalue weighted by molar-refractivity contribution is 8.00. The van der Waals surface area contributed by atoms with E-state index < -0.39 is 24.0 Å². The Kier molecular flexibility index (Phi) is 14.1. The number of carboxylic acid groups (broad SMARTS) is 1. The van der Waals surface area contributed by atoms with Crippen LogP contribution in [0.1, 0.15) is 59.8 Å². The zero-order chi connectivity index (χ0) is 19.9. The Labute approximate surface area is 160 Å². The van der Waals surface area contributed by atoms with E-state index in [2.05, 4.69) is 12.2 Å². The topological polar surface area (TPSA) is 102 Å². The average molecular weight is 392 g/mol. The van der Waals surface area contributed by atoms with Gasteiger partial charge in [-0.2, -0.15) is 0 Å². The SMILES string of the molecule is CCCCCC[C@@H](SC[C@@H](NC(C)C(=O)O)C(=O)OCC)C(=O)OCC. The van der Waals surface area contributed by atoms with Gasteiger partial charge in [-0.05, 0) is 27.2 Å². The van der Waals surface area contributed by atoms with Crippen molar-refractivity contribution < 1.29 is 29.0 Å². The Morgan fingerprint density at radius 1 is 1.00 bits per heavy atom. The van der Waals surface area contributed by atoms with Crippen LogP contribution in [0.25, 0.3) is 0 Å². The molecule has 152 valence electrons. The summed E-state index contributed by atoms with van der Waals surface area (Å²) in [6.07, 6.45) is 4.85. The molecule has 0 aliphatic heterocycles. The lowest BCUT2D eigenvalue weighted by molar-refractivity contribution is -0.146. The number of nitrogens with one attached hydrogen (secondary N) is 1. The highest BCUT2D eigenvalue weighted by Gasteiger charge is 2.28. The van der Waals surface area contributed by atoms with Gasteiger partial charge < -0.3 is 14.6 Å². The van der Waals surface area contributed by atoms with Crippen LogP contribution in [0, 0.1) is 0 Å². The van der Waals surface area contributed by atoms with E-state index in [1.807, 2.05) is 0 Å². The maximum atomic E-state index is 12.2. The summed E-state index contributed by atoms with van der Waals surface area (Å²) < 4.78 is 10.1. The number of esters is 2. The first-order valence-electron chi connectivity index (χ1n) is 9.30. The Balaban J connectivity index is 4.84. The molecule has 0 heterocycles. The number of carboxylic acids is 1. The van der Waals surface area contributed by atoms with Crippen molar-refractivity contribution in [2.75, 3.05) is 19.0 Å². The van der Waals surface area contributed by atoms with Gasteiger partial charge in [0, 0.05) is 5.75 Å². The highest BCUT2D eigenvalue weighted by atomic mass is 32.2. The van der Waals surface area contributed by atoms with Crippen LogP contribution in [0.4, 0.5) is 0 Å². The molecule has 0 fully saturated rings. The van der Waals surface area contributed by atoms with Gasteiger partial charge in [0.25, 0.3) is 0 Å². The zero-order valence-corrected chi connectivity index (χ0v) is 17.1. The Morgan fingerprint density at radius 2 is 1.62 bits per heavy atom. The number of carbonyl (C=O) groups excluding carboxylic acids is 2. The quantitative estimate of drug-likeness (QED) is 0.324. The van der Waals surface area contributed by atoms with E-state index in [-0.39, 0.29) is 23.6 Å². The summed E-state index contributed by atoms with van der Waals surface area (Å²) >= 11 is 1.31. The lowest BCUT2D eigenvalue weighted by Crippen LogP contribution is -2.48. The van der Waals surface area contributed by atoms with Crippen LogP contribution in [0.5, 0.6) is 0 Å². The van der Waals surface area contributed by atoms with Gasteiger partial charge in [-0.1, -0.05) is 32.6 Å². The molecule has 0 aromatic rings.